The van der Waals surface area contributed by atoms with E-state index in [0.29, 0.717) is 23.8 Å². The summed E-state index contributed by atoms with van der Waals surface area (Å²) in [5.74, 6) is 0.899. The van der Waals surface area contributed by atoms with Crippen molar-refractivity contribution in [3.8, 4) is 0 Å². The Bertz CT molecular complexity index is 1410. The molecule has 2 aromatic carbocycles. The number of rotatable bonds is 4. The first-order valence-corrected chi connectivity index (χ1v) is 10.5. The van der Waals surface area contributed by atoms with Gasteiger partial charge in [-0.2, -0.15) is 0 Å². The fourth-order valence-corrected chi connectivity index (χ4v) is 4.28. The maximum Gasteiger partial charge on any atom is 0.261 e. The molecule has 0 atom stereocenters. The number of nitrogens with zero attached hydrogens (tertiary/aromatic N) is 5. The van der Waals surface area contributed by atoms with Gasteiger partial charge in [-0.3, -0.25) is 4.79 Å². The first-order valence-electron chi connectivity index (χ1n) is 9.66. The standard InChI is InChI=1S/C23H18N6OS/c1-14-25-10-17(11-26-14)23(30)29(20-4-2-3-18-22(20)31-13-27-18)12-15-5-6-16-7-8-21(24)28-19(16)9-15/h2-11,13H,12H2,1H3,(H2,24,28). The number of anilines is 2. The van der Waals surface area contributed by atoms with Crippen LogP contribution in [0.15, 0.2) is 66.4 Å². The summed E-state index contributed by atoms with van der Waals surface area (Å²) in [7, 11) is 0. The van der Waals surface area contributed by atoms with Crippen LogP contribution in [0, 0.1) is 6.92 Å². The third-order valence-electron chi connectivity index (χ3n) is 5.02. The van der Waals surface area contributed by atoms with Crippen LogP contribution < -0.4 is 10.6 Å². The number of benzene rings is 2. The number of carbonyl (C=O) groups excluding carboxylic acids is 1. The topological polar surface area (TPSA) is 97.9 Å². The predicted octanol–water partition coefficient (Wildman–Crippen LogP) is 4.37. The lowest BCUT2D eigenvalue weighted by atomic mass is 10.1. The van der Waals surface area contributed by atoms with E-state index in [1.165, 1.54) is 11.3 Å². The summed E-state index contributed by atoms with van der Waals surface area (Å²) < 4.78 is 0.951. The van der Waals surface area contributed by atoms with Crippen LogP contribution in [0.5, 0.6) is 0 Å². The second-order valence-electron chi connectivity index (χ2n) is 7.15. The van der Waals surface area contributed by atoms with E-state index in [1.54, 1.807) is 35.8 Å². The Balaban J connectivity index is 1.60. The average Bonchev–Trinajstić information content (AvgIpc) is 3.26. The van der Waals surface area contributed by atoms with Crippen molar-refractivity contribution in [1.82, 2.24) is 19.9 Å². The molecule has 1 amide bonds. The molecule has 0 saturated carbocycles. The van der Waals surface area contributed by atoms with Gasteiger partial charge in [0.05, 0.1) is 39.0 Å². The van der Waals surface area contributed by atoms with E-state index in [2.05, 4.69) is 19.9 Å². The van der Waals surface area contributed by atoms with Gasteiger partial charge in [0.1, 0.15) is 11.6 Å². The van der Waals surface area contributed by atoms with Gasteiger partial charge >= 0.3 is 0 Å². The Hall–Kier alpha value is -3.91. The molecule has 7 nitrogen and oxygen atoms in total. The van der Waals surface area contributed by atoms with Crippen molar-refractivity contribution in [2.24, 2.45) is 0 Å². The molecule has 152 valence electrons. The van der Waals surface area contributed by atoms with Gasteiger partial charge in [0, 0.05) is 17.8 Å². The fraction of sp³-hybridized carbons (Fsp3) is 0.0870. The van der Waals surface area contributed by atoms with Crippen LogP contribution in [0.25, 0.3) is 21.1 Å². The minimum atomic E-state index is -0.179. The minimum absolute atomic E-state index is 0.179. The summed E-state index contributed by atoms with van der Waals surface area (Å²) in [6.07, 6.45) is 3.13. The highest BCUT2D eigenvalue weighted by Gasteiger charge is 2.22. The number of aromatic nitrogens is 4. The fourth-order valence-electron chi connectivity index (χ4n) is 3.47. The average molecular weight is 427 g/mol. The van der Waals surface area contributed by atoms with E-state index in [4.69, 9.17) is 5.73 Å². The van der Waals surface area contributed by atoms with E-state index >= 15 is 0 Å². The molecule has 0 unspecified atom stereocenters. The lowest BCUT2D eigenvalue weighted by Gasteiger charge is -2.23. The maximum atomic E-state index is 13.5. The van der Waals surface area contributed by atoms with Crippen LogP contribution in [0.2, 0.25) is 0 Å². The van der Waals surface area contributed by atoms with E-state index in [-0.39, 0.29) is 5.91 Å². The lowest BCUT2D eigenvalue weighted by molar-refractivity contribution is 0.0984. The van der Waals surface area contributed by atoms with Crippen molar-refractivity contribution >= 4 is 49.9 Å². The van der Waals surface area contributed by atoms with Gasteiger partial charge in [-0.1, -0.05) is 18.2 Å². The predicted molar refractivity (Wildman–Crippen MR) is 123 cm³/mol. The number of nitrogens with two attached hydrogens (primary N) is 1. The third-order valence-corrected chi connectivity index (χ3v) is 5.88. The summed E-state index contributed by atoms with van der Waals surface area (Å²) in [4.78, 5) is 32.5. The number of nitrogen functional groups attached to an aromatic ring is 1. The van der Waals surface area contributed by atoms with Crippen molar-refractivity contribution < 1.29 is 4.79 Å². The number of hydrogen-bond acceptors (Lipinski definition) is 7. The van der Waals surface area contributed by atoms with Gasteiger partial charge in [0.15, 0.2) is 0 Å². The highest BCUT2D eigenvalue weighted by Crippen LogP contribution is 2.32. The number of thiazole rings is 1. The van der Waals surface area contributed by atoms with Crippen LogP contribution >= 0.6 is 11.3 Å². The van der Waals surface area contributed by atoms with Crippen LogP contribution in [0.3, 0.4) is 0 Å². The first kappa shape index (κ1) is 19.1. The van der Waals surface area contributed by atoms with E-state index in [0.717, 1.165) is 32.4 Å². The van der Waals surface area contributed by atoms with Crippen LogP contribution in [0.4, 0.5) is 11.5 Å². The monoisotopic (exact) mass is 426 g/mol. The van der Waals surface area contributed by atoms with Gasteiger partial charge in [0.2, 0.25) is 0 Å². The minimum Gasteiger partial charge on any atom is -0.384 e. The summed E-state index contributed by atoms with van der Waals surface area (Å²) >= 11 is 1.51. The third kappa shape index (κ3) is 3.69. The van der Waals surface area contributed by atoms with Crippen LogP contribution in [0.1, 0.15) is 21.7 Å². The van der Waals surface area contributed by atoms with E-state index < -0.39 is 0 Å². The molecular weight excluding hydrogens is 408 g/mol. The zero-order valence-electron chi connectivity index (χ0n) is 16.7. The highest BCUT2D eigenvalue weighted by atomic mass is 32.1. The molecule has 0 fully saturated rings. The van der Waals surface area contributed by atoms with Gasteiger partial charge in [-0.15, -0.1) is 11.3 Å². The van der Waals surface area contributed by atoms with Gasteiger partial charge in [-0.05, 0) is 42.8 Å². The molecule has 0 saturated heterocycles. The molecule has 2 N–H and O–H groups in total. The van der Waals surface area contributed by atoms with Crippen molar-refractivity contribution in [3.63, 3.8) is 0 Å². The Labute approximate surface area is 182 Å². The van der Waals surface area contributed by atoms with Crippen molar-refractivity contribution in [1.29, 1.82) is 0 Å². The number of hydrogen-bond donors (Lipinski definition) is 1. The molecule has 0 bridgehead atoms. The second kappa shape index (κ2) is 7.73. The normalized spacial score (nSPS) is 11.1. The van der Waals surface area contributed by atoms with Gasteiger partial charge in [-0.25, -0.2) is 19.9 Å². The Morgan fingerprint density at radius 1 is 1.03 bits per heavy atom. The molecular formula is C23H18N6OS. The van der Waals surface area contributed by atoms with Crippen molar-refractivity contribution in [2.75, 3.05) is 10.6 Å². The molecule has 5 rings (SSSR count). The molecule has 5 aromatic rings. The number of amides is 1. The molecule has 0 aliphatic heterocycles. The van der Waals surface area contributed by atoms with Gasteiger partial charge < -0.3 is 10.6 Å². The molecule has 0 spiro atoms. The van der Waals surface area contributed by atoms with Gasteiger partial charge in [0.25, 0.3) is 5.91 Å². The molecule has 31 heavy (non-hydrogen) atoms. The molecule has 0 radical (unpaired) electrons. The summed E-state index contributed by atoms with van der Waals surface area (Å²) in [6, 6.07) is 15.4. The Morgan fingerprint density at radius 3 is 2.68 bits per heavy atom. The quantitative estimate of drug-likeness (QED) is 0.458. The van der Waals surface area contributed by atoms with E-state index in [9.17, 15) is 4.79 Å². The Kier molecular flexibility index (Phi) is 4.76. The van der Waals surface area contributed by atoms with Crippen LogP contribution in [-0.4, -0.2) is 25.8 Å². The van der Waals surface area contributed by atoms with E-state index in [1.807, 2.05) is 42.5 Å². The van der Waals surface area contributed by atoms with Crippen molar-refractivity contribution in [3.05, 3.63) is 83.4 Å². The summed E-state index contributed by atoms with van der Waals surface area (Å²) in [5, 5.41) is 0.993. The number of pyridine rings is 1. The molecule has 0 aliphatic carbocycles. The Morgan fingerprint density at radius 2 is 1.84 bits per heavy atom. The van der Waals surface area contributed by atoms with Crippen LogP contribution in [-0.2, 0) is 6.54 Å². The molecule has 8 heteroatoms. The highest BCUT2D eigenvalue weighted by molar-refractivity contribution is 7.17. The summed E-state index contributed by atoms with van der Waals surface area (Å²) in [6.45, 7) is 2.15. The molecule has 3 heterocycles. The molecule has 0 aliphatic rings. The number of carbonyl (C=O) groups is 1. The number of fused-ring (bicyclic) bond motifs is 2. The zero-order valence-corrected chi connectivity index (χ0v) is 17.5. The maximum absolute atomic E-state index is 13.5. The van der Waals surface area contributed by atoms with Crippen molar-refractivity contribution in [2.45, 2.75) is 13.5 Å². The largest absolute Gasteiger partial charge is 0.384 e. The smallest absolute Gasteiger partial charge is 0.261 e. The first-order chi connectivity index (χ1) is 15.1. The zero-order chi connectivity index (χ0) is 21.4. The second-order valence-corrected chi connectivity index (χ2v) is 8.01. The number of aryl methyl sites for hydroxylation is 1. The lowest BCUT2D eigenvalue weighted by Crippen LogP contribution is -2.30. The SMILES string of the molecule is Cc1ncc(C(=O)N(Cc2ccc3ccc(N)nc3c2)c2cccc3ncsc23)cn1. The summed E-state index contributed by atoms with van der Waals surface area (Å²) in [5.41, 5.74) is 11.5. The molecule has 3 aromatic heterocycles.